The fraction of sp³-hybridized carbons (Fsp3) is 0.455. The summed E-state index contributed by atoms with van der Waals surface area (Å²) >= 11 is 6.45. The second-order valence-electron chi connectivity index (χ2n) is 8.51. The van der Waals surface area contributed by atoms with Crippen molar-refractivity contribution in [2.75, 3.05) is 0 Å². The van der Waals surface area contributed by atoms with E-state index >= 15 is 0 Å². The highest BCUT2D eigenvalue weighted by atomic mass is 35.5. The van der Waals surface area contributed by atoms with Gasteiger partial charge in [-0.2, -0.15) is 0 Å². The van der Waals surface area contributed by atoms with E-state index in [2.05, 4.69) is 53.7 Å². The first-order valence-corrected chi connectivity index (χ1v) is 8.86. The summed E-state index contributed by atoms with van der Waals surface area (Å²) in [6, 6.07) is 9.80. The third kappa shape index (κ3) is 3.83. The van der Waals surface area contributed by atoms with E-state index in [0.717, 1.165) is 33.7 Å². The van der Waals surface area contributed by atoms with Gasteiger partial charge >= 0.3 is 0 Å². The van der Waals surface area contributed by atoms with Crippen molar-refractivity contribution < 1.29 is 4.39 Å². The van der Waals surface area contributed by atoms with E-state index in [1.54, 1.807) is 6.07 Å². The van der Waals surface area contributed by atoms with Crippen molar-refractivity contribution in [3.8, 4) is 0 Å². The average Bonchev–Trinajstić information content (AvgIpc) is 2.34. The molecule has 0 aromatic heterocycles. The summed E-state index contributed by atoms with van der Waals surface area (Å²) in [4.78, 5) is 0. The van der Waals surface area contributed by atoms with Crippen LogP contribution >= 0.6 is 11.6 Å². The third-order valence-corrected chi connectivity index (χ3v) is 4.96. The first-order valence-electron chi connectivity index (χ1n) is 8.48. The Hall–Kier alpha value is -1.34. The summed E-state index contributed by atoms with van der Waals surface area (Å²) in [5, 5.41) is 0.781. The minimum Gasteiger partial charge on any atom is -0.207 e. The van der Waals surface area contributed by atoms with Crippen LogP contribution in [0.2, 0.25) is 5.02 Å². The molecule has 0 bridgehead atoms. The van der Waals surface area contributed by atoms with Gasteiger partial charge in [-0.3, -0.25) is 0 Å². The first kappa shape index (κ1) is 19.0. The Labute approximate surface area is 151 Å². The Kier molecular flexibility index (Phi) is 5.16. The van der Waals surface area contributed by atoms with Gasteiger partial charge in [0.1, 0.15) is 5.82 Å². The molecule has 0 aliphatic carbocycles. The SMILES string of the molecule is Cc1cc(CC(C)(C)c2c(C)cccc2Cl)cc(F)c1C(C)(C)C. The van der Waals surface area contributed by atoms with Crippen molar-refractivity contribution in [1.82, 2.24) is 0 Å². The van der Waals surface area contributed by atoms with E-state index in [1.807, 2.05) is 19.1 Å². The molecular formula is C22H28ClF. The Morgan fingerprint density at radius 3 is 2.04 bits per heavy atom. The van der Waals surface area contributed by atoms with Crippen LogP contribution in [0.15, 0.2) is 30.3 Å². The number of benzene rings is 2. The van der Waals surface area contributed by atoms with E-state index in [0.29, 0.717) is 0 Å². The second-order valence-corrected chi connectivity index (χ2v) is 8.92. The Morgan fingerprint density at radius 1 is 0.917 bits per heavy atom. The zero-order valence-electron chi connectivity index (χ0n) is 15.8. The number of hydrogen-bond acceptors (Lipinski definition) is 0. The Balaban J connectivity index is 2.44. The molecule has 0 N–H and O–H groups in total. The van der Waals surface area contributed by atoms with Crippen molar-refractivity contribution in [2.45, 2.75) is 65.7 Å². The zero-order chi connectivity index (χ0) is 18.3. The molecule has 130 valence electrons. The van der Waals surface area contributed by atoms with Crippen LogP contribution in [0.25, 0.3) is 0 Å². The van der Waals surface area contributed by atoms with Crippen LogP contribution in [0.1, 0.15) is 62.4 Å². The van der Waals surface area contributed by atoms with Gasteiger partial charge in [-0.05, 0) is 71.0 Å². The lowest BCUT2D eigenvalue weighted by atomic mass is 9.76. The lowest BCUT2D eigenvalue weighted by Crippen LogP contribution is -2.23. The molecule has 0 unspecified atom stereocenters. The third-order valence-electron chi connectivity index (χ3n) is 4.64. The van der Waals surface area contributed by atoms with Crippen LogP contribution < -0.4 is 0 Å². The van der Waals surface area contributed by atoms with Crippen LogP contribution in [0.5, 0.6) is 0 Å². The molecule has 24 heavy (non-hydrogen) atoms. The minimum absolute atomic E-state index is 0.107. The van der Waals surface area contributed by atoms with Gasteiger partial charge in [0.25, 0.3) is 0 Å². The molecule has 0 spiro atoms. The molecule has 2 aromatic rings. The van der Waals surface area contributed by atoms with Crippen LogP contribution in [0.4, 0.5) is 4.39 Å². The van der Waals surface area contributed by atoms with Crippen LogP contribution in [0, 0.1) is 19.7 Å². The van der Waals surface area contributed by atoms with Crippen molar-refractivity contribution in [1.29, 1.82) is 0 Å². The quantitative estimate of drug-likeness (QED) is 0.566. The zero-order valence-corrected chi connectivity index (χ0v) is 16.6. The van der Waals surface area contributed by atoms with Crippen molar-refractivity contribution >= 4 is 11.6 Å². The van der Waals surface area contributed by atoms with E-state index < -0.39 is 0 Å². The molecule has 0 saturated carbocycles. The molecule has 2 heteroatoms. The maximum atomic E-state index is 14.7. The van der Waals surface area contributed by atoms with Gasteiger partial charge in [0.2, 0.25) is 0 Å². The van der Waals surface area contributed by atoms with E-state index in [9.17, 15) is 4.39 Å². The summed E-state index contributed by atoms with van der Waals surface area (Å²) in [7, 11) is 0. The second kappa shape index (κ2) is 6.52. The molecule has 0 fully saturated rings. The Bertz CT molecular complexity index is 708. The van der Waals surface area contributed by atoms with Crippen LogP contribution in [-0.2, 0) is 17.3 Å². The normalized spacial score (nSPS) is 12.5. The molecule has 0 atom stereocenters. The predicted octanol–water partition coefficient (Wildman–Crippen LogP) is 6.91. The smallest absolute Gasteiger partial charge is 0.127 e. The van der Waals surface area contributed by atoms with Gasteiger partial charge in [0.15, 0.2) is 0 Å². The van der Waals surface area contributed by atoms with Gasteiger partial charge in [-0.15, -0.1) is 0 Å². The van der Waals surface area contributed by atoms with Gasteiger partial charge < -0.3 is 0 Å². The monoisotopic (exact) mass is 346 g/mol. The molecule has 0 amide bonds. The molecule has 0 saturated heterocycles. The van der Waals surface area contributed by atoms with E-state index in [-0.39, 0.29) is 16.6 Å². The highest BCUT2D eigenvalue weighted by Crippen LogP contribution is 2.37. The first-order chi connectivity index (χ1) is 10.9. The molecule has 0 heterocycles. The molecule has 0 nitrogen and oxygen atoms in total. The summed E-state index contributed by atoms with van der Waals surface area (Å²) in [5.74, 6) is -0.107. The molecule has 0 aliphatic rings. The number of aryl methyl sites for hydroxylation is 2. The summed E-state index contributed by atoms with van der Waals surface area (Å²) in [6.07, 6.45) is 0.750. The summed E-state index contributed by atoms with van der Waals surface area (Å²) in [5.41, 5.74) is 4.80. The average molecular weight is 347 g/mol. The Morgan fingerprint density at radius 2 is 1.54 bits per heavy atom. The van der Waals surface area contributed by atoms with Gasteiger partial charge in [0.05, 0.1) is 0 Å². The van der Waals surface area contributed by atoms with Crippen molar-refractivity contribution in [2.24, 2.45) is 0 Å². The number of halogens is 2. The highest BCUT2D eigenvalue weighted by Gasteiger charge is 2.27. The topological polar surface area (TPSA) is 0 Å². The molecule has 2 aromatic carbocycles. The van der Waals surface area contributed by atoms with Gasteiger partial charge in [-0.25, -0.2) is 4.39 Å². The lowest BCUT2D eigenvalue weighted by Gasteiger charge is -2.29. The van der Waals surface area contributed by atoms with E-state index in [1.165, 1.54) is 5.56 Å². The van der Waals surface area contributed by atoms with Crippen LogP contribution in [0.3, 0.4) is 0 Å². The number of hydrogen-bond donors (Lipinski definition) is 0. The molecular weight excluding hydrogens is 319 g/mol. The fourth-order valence-corrected chi connectivity index (χ4v) is 4.43. The van der Waals surface area contributed by atoms with Crippen molar-refractivity contribution in [3.63, 3.8) is 0 Å². The minimum atomic E-state index is -0.193. The fourth-order valence-electron chi connectivity index (χ4n) is 3.95. The summed E-state index contributed by atoms with van der Waals surface area (Å²) < 4.78 is 14.7. The lowest BCUT2D eigenvalue weighted by molar-refractivity contribution is 0.503. The van der Waals surface area contributed by atoms with Crippen molar-refractivity contribution in [3.05, 3.63) is 69.0 Å². The van der Waals surface area contributed by atoms with E-state index in [4.69, 9.17) is 11.6 Å². The molecule has 0 radical (unpaired) electrons. The highest BCUT2D eigenvalue weighted by molar-refractivity contribution is 6.31. The standard InChI is InChI=1S/C22H28ClF/c1-14-9-8-10-17(23)19(14)22(6,7)13-16-11-15(2)20(18(24)12-16)21(3,4)5/h8-12H,13H2,1-7H3. The maximum Gasteiger partial charge on any atom is 0.127 e. The molecule has 2 rings (SSSR count). The van der Waals surface area contributed by atoms with Gasteiger partial charge in [-0.1, -0.05) is 64.4 Å². The number of rotatable bonds is 3. The largest absolute Gasteiger partial charge is 0.207 e. The predicted molar refractivity (Wildman–Crippen MR) is 103 cm³/mol. The van der Waals surface area contributed by atoms with Gasteiger partial charge in [0, 0.05) is 5.02 Å². The van der Waals surface area contributed by atoms with Crippen LogP contribution in [-0.4, -0.2) is 0 Å². The maximum absolute atomic E-state index is 14.7. The summed E-state index contributed by atoms with van der Waals surface area (Å²) in [6.45, 7) is 14.6. The molecule has 0 aliphatic heterocycles.